The van der Waals surface area contributed by atoms with E-state index in [0.717, 1.165) is 41.4 Å². The molecule has 0 atom stereocenters. The average Bonchev–Trinajstić information content (AvgIpc) is 3.19. The molecule has 1 N–H and O–H groups in total. The highest BCUT2D eigenvalue weighted by Crippen LogP contribution is 2.30. The zero-order valence-corrected chi connectivity index (χ0v) is 16.1. The summed E-state index contributed by atoms with van der Waals surface area (Å²) in [5.41, 5.74) is 4.31. The molecule has 1 aliphatic rings. The van der Waals surface area contributed by atoms with E-state index < -0.39 is 18.5 Å². The zero-order chi connectivity index (χ0) is 20.4. The fraction of sp³-hybridized carbons (Fsp3) is 0.261. The normalized spacial score (nSPS) is 12.6. The number of fused-ring (bicyclic) bond motifs is 2. The highest BCUT2D eigenvalue weighted by molar-refractivity contribution is 6.05. The van der Waals surface area contributed by atoms with Gasteiger partial charge < -0.3 is 10.1 Å². The number of amides is 1. The summed E-state index contributed by atoms with van der Waals surface area (Å²) in [6, 6.07) is 12.3. The lowest BCUT2D eigenvalue weighted by Gasteiger charge is -2.12. The van der Waals surface area contributed by atoms with Gasteiger partial charge in [0.15, 0.2) is 6.61 Å². The van der Waals surface area contributed by atoms with Gasteiger partial charge in [0.2, 0.25) is 0 Å². The van der Waals surface area contributed by atoms with Gasteiger partial charge in [-0.1, -0.05) is 30.3 Å². The molecule has 148 valence electrons. The van der Waals surface area contributed by atoms with Crippen molar-refractivity contribution < 1.29 is 18.7 Å². The number of carbonyl (C=O) groups excluding carboxylic acids is 2. The highest BCUT2D eigenvalue weighted by atomic mass is 19.1. The first kappa shape index (κ1) is 19.1. The molecule has 1 aliphatic carbocycles. The predicted octanol–water partition coefficient (Wildman–Crippen LogP) is 3.64. The molecule has 0 fully saturated rings. The zero-order valence-electron chi connectivity index (χ0n) is 16.1. The van der Waals surface area contributed by atoms with Gasteiger partial charge in [0, 0.05) is 17.6 Å². The lowest BCUT2D eigenvalue weighted by Crippen LogP contribution is -2.28. The summed E-state index contributed by atoms with van der Waals surface area (Å²) in [6.45, 7) is 1.45. The third-order valence-electron chi connectivity index (χ3n) is 5.18. The maximum atomic E-state index is 13.6. The van der Waals surface area contributed by atoms with Crippen LogP contribution >= 0.6 is 0 Å². The summed E-state index contributed by atoms with van der Waals surface area (Å²) in [5.74, 6) is -1.27. The Bertz CT molecular complexity index is 1110. The highest BCUT2D eigenvalue weighted by Gasteiger charge is 2.25. The quantitative estimate of drug-likeness (QED) is 0.673. The second-order valence-corrected chi connectivity index (χ2v) is 7.22. The van der Waals surface area contributed by atoms with E-state index in [4.69, 9.17) is 4.74 Å². The number of rotatable bonds is 5. The average molecular weight is 392 g/mol. The Morgan fingerprint density at radius 3 is 2.83 bits per heavy atom. The molecular formula is C23H21FN2O3. The van der Waals surface area contributed by atoms with Crippen molar-refractivity contribution in [2.75, 3.05) is 6.61 Å². The van der Waals surface area contributed by atoms with Crippen LogP contribution < -0.4 is 5.32 Å². The smallest absolute Gasteiger partial charge is 0.339 e. The Morgan fingerprint density at radius 1 is 1.17 bits per heavy atom. The molecule has 4 rings (SSSR count). The number of hydrogen-bond acceptors (Lipinski definition) is 4. The van der Waals surface area contributed by atoms with Crippen LogP contribution in [0.15, 0.2) is 42.5 Å². The van der Waals surface area contributed by atoms with E-state index in [-0.39, 0.29) is 12.4 Å². The van der Waals surface area contributed by atoms with Crippen molar-refractivity contribution in [1.82, 2.24) is 10.3 Å². The van der Waals surface area contributed by atoms with E-state index in [1.54, 1.807) is 19.1 Å². The number of aromatic nitrogens is 1. The summed E-state index contributed by atoms with van der Waals surface area (Å²) in [5, 5.41) is 3.39. The van der Waals surface area contributed by atoms with Crippen molar-refractivity contribution in [2.24, 2.45) is 0 Å². The molecule has 5 nitrogen and oxygen atoms in total. The topological polar surface area (TPSA) is 68.3 Å². The number of aryl methyl sites for hydroxylation is 2. The molecule has 1 amide bonds. The molecule has 0 bridgehead atoms. The van der Waals surface area contributed by atoms with E-state index in [1.807, 2.05) is 24.3 Å². The van der Waals surface area contributed by atoms with Gasteiger partial charge in [-0.3, -0.25) is 9.78 Å². The van der Waals surface area contributed by atoms with Crippen molar-refractivity contribution >= 4 is 22.8 Å². The monoisotopic (exact) mass is 392 g/mol. The minimum Gasteiger partial charge on any atom is -0.452 e. The molecule has 0 radical (unpaired) electrons. The number of ether oxygens (including phenoxy) is 1. The number of esters is 1. The summed E-state index contributed by atoms with van der Waals surface area (Å²) in [6.07, 6.45) is 2.57. The number of carbonyl (C=O) groups is 2. The molecule has 1 heterocycles. The van der Waals surface area contributed by atoms with Crippen LogP contribution in [-0.2, 0) is 28.9 Å². The van der Waals surface area contributed by atoms with Gasteiger partial charge in [-0.15, -0.1) is 0 Å². The largest absolute Gasteiger partial charge is 0.452 e. The minimum atomic E-state index is -0.515. The molecule has 0 saturated carbocycles. The third kappa shape index (κ3) is 3.97. The van der Waals surface area contributed by atoms with Crippen molar-refractivity contribution in [2.45, 2.75) is 32.7 Å². The van der Waals surface area contributed by atoms with E-state index in [0.29, 0.717) is 16.7 Å². The first-order valence-electron chi connectivity index (χ1n) is 9.62. The first-order valence-corrected chi connectivity index (χ1v) is 9.62. The fourth-order valence-electron chi connectivity index (χ4n) is 3.65. The van der Waals surface area contributed by atoms with Crippen molar-refractivity contribution in [3.63, 3.8) is 0 Å². The molecule has 0 spiro atoms. The van der Waals surface area contributed by atoms with Crippen LogP contribution in [0.25, 0.3) is 10.9 Å². The molecule has 0 unspecified atom stereocenters. The Kier molecular flexibility index (Phi) is 5.25. The Hall–Kier alpha value is -3.28. The van der Waals surface area contributed by atoms with Crippen LogP contribution in [0.2, 0.25) is 0 Å². The predicted molar refractivity (Wildman–Crippen MR) is 107 cm³/mol. The third-order valence-corrected chi connectivity index (χ3v) is 5.18. The molecule has 1 aromatic heterocycles. The second kappa shape index (κ2) is 7.99. The van der Waals surface area contributed by atoms with Gasteiger partial charge in [0.25, 0.3) is 5.91 Å². The van der Waals surface area contributed by atoms with Crippen molar-refractivity contribution in [3.8, 4) is 0 Å². The van der Waals surface area contributed by atoms with Crippen molar-refractivity contribution in [1.29, 1.82) is 0 Å². The van der Waals surface area contributed by atoms with Gasteiger partial charge >= 0.3 is 5.97 Å². The maximum absolute atomic E-state index is 13.6. The fourth-order valence-corrected chi connectivity index (χ4v) is 3.65. The number of halogens is 1. The Balaban J connectivity index is 1.43. The minimum absolute atomic E-state index is 0.168. The molecule has 0 aliphatic heterocycles. The molecule has 0 saturated heterocycles. The number of pyridine rings is 1. The number of nitrogens with zero attached hydrogens (tertiary/aromatic N) is 1. The van der Waals surface area contributed by atoms with Gasteiger partial charge in [0.1, 0.15) is 5.82 Å². The molecular weight excluding hydrogens is 371 g/mol. The summed E-state index contributed by atoms with van der Waals surface area (Å²) in [4.78, 5) is 29.6. The van der Waals surface area contributed by atoms with Crippen LogP contribution in [0, 0.1) is 12.7 Å². The van der Waals surface area contributed by atoms with E-state index in [1.165, 1.54) is 6.07 Å². The summed E-state index contributed by atoms with van der Waals surface area (Å²) >= 11 is 0. The summed E-state index contributed by atoms with van der Waals surface area (Å²) in [7, 11) is 0. The Labute approximate surface area is 167 Å². The van der Waals surface area contributed by atoms with E-state index >= 15 is 0 Å². The van der Waals surface area contributed by atoms with Gasteiger partial charge in [-0.05, 0) is 55.0 Å². The van der Waals surface area contributed by atoms with Gasteiger partial charge in [-0.2, -0.15) is 0 Å². The molecule has 2 aromatic carbocycles. The van der Waals surface area contributed by atoms with Crippen LogP contribution in [0.3, 0.4) is 0 Å². The molecule has 6 heteroatoms. The summed E-state index contributed by atoms with van der Waals surface area (Å²) < 4.78 is 18.9. The standard InChI is InChI=1S/C23H21FN2O3/c1-14-9-10-15(11-18(14)24)12-25-21(27)13-29-23(28)22-16-5-2-3-7-19(16)26-20-8-4-6-17(20)22/h2-3,5,7,9-11H,4,6,8,12-13H2,1H3,(H,25,27). The number of para-hydroxylation sites is 1. The lowest BCUT2D eigenvalue weighted by atomic mass is 10.0. The SMILES string of the molecule is Cc1ccc(CNC(=O)COC(=O)c2c3c(nc4ccccc24)CCC3)cc1F. The van der Waals surface area contributed by atoms with Crippen LogP contribution in [0.4, 0.5) is 4.39 Å². The number of benzene rings is 2. The maximum Gasteiger partial charge on any atom is 0.339 e. The molecule has 3 aromatic rings. The van der Waals surface area contributed by atoms with Crippen LogP contribution in [0.5, 0.6) is 0 Å². The van der Waals surface area contributed by atoms with Gasteiger partial charge in [0.05, 0.1) is 11.1 Å². The second-order valence-electron chi connectivity index (χ2n) is 7.22. The van der Waals surface area contributed by atoms with E-state index in [9.17, 15) is 14.0 Å². The lowest BCUT2D eigenvalue weighted by molar-refractivity contribution is -0.124. The van der Waals surface area contributed by atoms with Gasteiger partial charge in [-0.25, -0.2) is 9.18 Å². The number of hydrogen-bond donors (Lipinski definition) is 1. The first-order chi connectivity index (χ1) is 14.0. The van der Waals surface area contributed by atoms with Crippen LogP contribution in [-0.4, -0.2) is 23.5 Å². The number of nitrogens with one attached hydrogen (secondary N) is 1. The molecule has 29 heavy (non-hydrogen) atoms. The van der Waals surface area contributed by atoms with E-state index in [2.05, 4.69) is 10.3 Å². The van der Waals surface area contributed by atoms with Crippen molar-refractivity contribution in [3.05, 3.63) is 76.2 Å². The Morgan fingerprint density at radius 2 is 2.00 bits per heavy atom. The van der Waals surface area contributed by atoms with Crippen LogP contribution in [0.1, 0.15) is 39.2 Å².